The first kappa shape index (κ1) is 19.5. The molecular weight excluding hydrogens is 388 g/mol. The van der Waals surface area contributed by atoms with E-state index in [1.807, 2.05) is 54.6 Å². The van der Waals surface area contributed by atoms with Gasteiger partial charge in [-0.1, -0.05) is 48.2 Å². The van der Waals surface area contributed by atoms with Gasteiger partial charge in [0.1, 0.15) is 16.7 Å². The van der Waals surface area contributed by atoms with E-state index in [0.717, 1.165) is 16.1 Å². The number of alkyl carbamates (subject to hydrolysis) is 1. The molecule has 2 aliphatic heterocycles. The van der Waals surface area contributed by atoms with Crippen LogP contribution in [-0.4, -0.2) is 28.7 Å². The number of esters is 1. The quantitative estimate of drug-likeness (QED) is 0.735. The molecule has 1 saturated heterocycles. The van der Waals surface area contributed by atoms with Gasteiger partial charge in [-0.3, -0.25) is 0 Å². The van der Waals surface area contributed by atoms with Gasteiger partial charge in [-0.05, 0) is 39.0 Å². The molecule has 1 amide bonds. The number of benzene rings is 2. The number of hydrogen-bond donors (Lipinski definition) is 1. The molecule has 0 aromatic heterocycles. The lowest BCUT2D eigenvalue weighted by Crippen LogP contribution is -2.41. The molecule has 1 N–H and O–H groups in total. The first-order valence-corrected chi connectivity index (χ1v) is 10.2. The Hall–Kier alpha value is -2.80. The number of nitrogens with one attached hydrogen (secondary N) is 1. The molecule has 7 heteroatoms. The topological polar surface area (TPSA) is 77.0 Å². The standard InChI is InChI=1S/C22H22N2O4S/c1-21(2,3)28-20(26)24-17-13-22(27-18(17)25)15-11-7-8-12-16(15)23-19(22)29-14-9-5-4-6-10-14/h4-12,17H,13H2,1-3H3,(H,24,26)/t17-,22?/m0/s1. The Morgan fingerprint density at radius 3 is 2.59 bits per heavy atom. The minimum atomic E-state index is -1.01. The summed E-state index contributed by atoms with van der Waals surface area (Å²) in [6, 6.07) is 16.6. The molecule has 0 radical (unpaired) electrons. The van der Waals surface area contributed by atoms with Crippen LogP contribution in [0.3, 0.4) is 0 Å². The lowest BCUT2D eigenvalue weighted by Gasteiger charge is -2.25. The van der Waals surface area contributed by atoms with Crippen LogP contribution in [0.15, 0.2) is 64.5 Å². The third-order valence-electron chi connectivity index (χ3n) is 4.61. The van der Waals surface area contributed by atoms with E-state index in [4.69, 9.17) is 14.5 Å². The lowest BCUT2D eigenvalue weighted by atomic mass is 9.91. The molecule has 2 aliphatic rings. The molecule has 0 saturated carbocycles. The third-order valence-corrected chi connectivity index (χ3v) is 5.73. The zero-order chi connectivity index (χ0) is 20.6. The summed E-state index contributed by atoms with van der Waals surface area (Å²) in [6.07, 6.45) is -0.377. The second kappa shape index (κ2) is 7.22. The summed E-state index contributed by atoms with van der Waals surface area (Å²) in [7, 11) is 0. The molecule has 2 heterocycles. The monoisotopic (exact) mass is 410 g/mol. The van der Waals surface area contributed by atoms with Gasteiger partial charge in [0.2, 0.25) is 0 Å². The molecule has 0 aliphatic carbocycles. The van der Waals surface area contributed by atoms with Crippen LogP contribution in [0.5, 0.6) is 0 Å². The van der Waals surface area contributed by atoms with Crippen LogP contribution in [0.1, 0.15) is 32.8 Å². The Balaban J connectivity index is 1.62. The number of thioether (sulfide) groups is 1. The van der Waals surface area contributed by atoms with Crippen LogP contribution in [-0.2, 0) is 19.9 Å². The number of hydrogen-bond acceptors (Lipinski definition) is 6. The zero-order valence-corrected chi connectivity index (χ0v) is 17.3. The molecule has 1 spiro atoms. The number of amides is 1. The number of nitrogens with zero attached hydrogens (tertiary/aromatic N) is 1. The summed E-state index contributed by atoms with van der Waals surface area (Å²) in [4.78, 5) is 30.6. The molecule has 2 aromatic carbocycles. The van der Waals surface area contributed by atoms with Gasteiger partial charge in [0.15, 0.2) is 5.60 Å². The summed E-state index contributed by atoms with van der Waals surface area (Å²) in [5.74, 6) is -0.492. The highest BCUT2D eigenvalue weighted by atomic mass is 32.2. The van der Waals surface area contributed by atoms with Gasteiger partial charge in [0.05, 0.1) is 5.69 Å². The Labute approximate surface area is 173 Å². The molecule has 4 rings (SSSR count). The van der Waals surface area contributed by atoms with Crippen LogP contribution < -0.4 is 5.32 Å². The van der Waals surface area contributed by atoms with E-state index in [1.54, 1.807) is 20.8 Å². The molecule has 150 valence electrons. The van der Waals surface area contributed by atoms with Crippen molar-refractivity contribution >= 4 is 34.6 Å². The number of aliphatic imine (C=N–C) groups is 1. The van der Waals surface area contributed by atoms with Crippen molar-refractivity contribution in [2.45, 2.75) is 49.3 Å². The molecule has 6 nitrogen and oxygen atoms in total. The smallest absolute Gasteiger partial charge is 0.408 e. The highest BCUT2D eigenvalue weighted by molar-refractivity contribution is 8.14. The summed E-state index contributed by atoms with van der Waals surface area (Å²) in [6.45, 7) is 5.32. The van der Waals surface area contributed by atoms with Crippen LogP contribution in [0.25, 0.3) is 0 Å². The average molecular weight is 410 g/mol. The van der Waals surface area contributed by atoms with Gasteiger partial charge < -0.3 is 14.8 Å². The van der Waals surface area contributed by atoms with Crippen LogP contribution in [0.4, 0.5) is 10.5 Å². The van der Waals surface area contributed by atoms with Crippen molar-refractivity contribution in [1.82, 2.24) is 5.32 Å². The minimum absolute atomic E-state index is 0.265. The number of para-hydroxylation sites is 1. The number of rotatable bonds is 2. The molecule has 0 bridgehead atoms. The van der Waals surface area contributed by atoms with Gasteiger partial charge in [-0.15, -0.1) is 0 Å². The van der Waals surface area contributed by atoms with Crippen LogP contribution in [0, 0.1) is 0 Å². The maximum Gasteiger partial charge on any atom is 0.408 e. The fourth-order valence-electron chi connectivity index (χ4n) is 3.44. The predicted molar refractivity (Wildman–Crippen MR) is 111 cm³/mol. The molecule has 1 unspecified atom stereocenters. The normalized spacial score (nSPS) is 22.8. The van der Waals surface area contributed by atoms with E-state index in [-0.39, 0.29) is 6.42 Å². The molecule has 1 fully saturated rings. The third kappa shape index (κ3) is 3.87. The second-order valence-electron chi connectivity index (χ2n) is 8.00. The average Bonchev–Trinajstić information content (AvgIpc) is 3.12. The number of fused-ring (bicyclic) bond motifs is 2. The van der Waals surface area contributed by atoms with Gasteiger partial charge in [0, 0.05) is 16.9 Å². The highest BCUT2D eigenvalue weighted by Gasteiger charge is 2.56. The maximum atomic E-state index is 12.7. The van der Waals surface area contributed by atoms with Crippen molar-refractivity contribution in [2.75, 3.05) is 0 Å². The Kier molecular flexibility index (Phi) is 4.86. The predicted octanol–water partition coefficient (Wildman–Crippen LogP) is 4.56. The van der Waals surface area contributed by atoms with Crippen molar-refractivity contribution in [3.05, 3.63) is 60.2 Å². The fraction of sp³-hybridized carbons (Fsp3) is 0.318. The second-order valence-corrected chi connectivity index (χ2v) is 9.06. The number of ether oxygens (including phenoxy) is 2. The van der Waals surface area contributed by atoms with Gasteiger partial charge in [-0.2, -0.15) is 0 Å². The van der Waals surface area contributed by atoms with Gasteiger partial charge in [-0.25, -0.2) is 14.6 Å². The highest BCUT2D eigenvalue weighted by Crippen LogP contribution is 2.51. The van der Waals surface area contributed by atoms with E-state index in [0.29, 0.717) is 5.04 Å². The largest absolute Gasteiger partial charge is 0.445 e. The van der Waals surface area contributed by atoms with E-state index < -0.39 is 29.3 Å². The number of carbonyl (C=O) groups excluding carboxylic acids is 2. The molecule has 29 heavy (non-hydrogen) atoms. The Bertz CT molecular complexity index is 984. The molecule has 2 atom stereocenters. The van der Waals surface area contributed by atoms with Crippen molar-refractivity contribution in [2.24, 2.45) is 4.99 Å². The summed E-state index contributed by atoms with van der Waals surface area (Å²) >= 11 is 1.47. The first-order valence-electron chi connectivity index (χ1n) is 9.41. The van der Waals surface area contributed by atoms with Crippen molar-refractivity contribution in [1.29, 1.82) is 0 Å². The first-order chi connectivity index (χ1) is 13.8. The van der Waals surface area contributed by atoms with Crippen LogP contribution in [0.2, 0.25) is 0 Å². The van der Waals surface area contributed by atoms with E-state index in [9.17, 15) is 9.59 Å². The van der Waals surface area contributed by atoms with Crippen LogP contribution >= 0.6 is 11.8 Å². The molecular formula is C22H22N2O4S. The van der Waals surface area contributed by atoms with Gasteiger partial charge >= 0.3 is 12.1 Å². The lowest BCUT2D eigenvalue weighted by molar-refractivity contribution is -0.145. The maximum absolute atomic E-state index is 12.7. The summed E-state index contributed by atoms with van der Waals surface area (Å²) < 4.78 is 11.2. The fourth-order valence-corrected chi connectivity index (χ4v) is 4.50. The minimum Gasteiger partial charge on any atom is -0.445 e. The summed E-state index contributed by atoms with van der Waals surface area (Å²) in [5.41, 5.74) is -0.0506. The van der Waals surface area contributed by atoms with E-state index in [1.165, 1.54) is 11.8 Å². The van der Waals surface area contributed by atoms with Gasteiger partial charge in [0.25, 0.3) is 0 Å². The zero-order valence-electron chi connectivity index (χ0n) is 16.5. The van der Waals surface area contributed by atoms with Crippen molar-refractivity contribution < 1.29 is 19.1 Å². The van der Waals surface area contributed by atoms with E-state index in [2.05, 4.69) is 5.32 Å². The van der Waals surface area contributed by atoms with E-state index >= 15 is 0 Å². The molecule has 2 aromatic rings. The van der Waals surface area contributed by atoms with Crippen molar-refractivity contribution in [3.63, 3.8) is 0 Å². The number of carbonyl (C=O) groups is 2. The summed E-state index contributed by atoms with van der Waals surface area (Å²) in [5, 5.41) is 3.34. The van der Waals surface area contributed by atoms with Crippen molar-refractivity contribution in [3.8, 4) is 0 Å². The SMILES string of the molecule is CC(C)(C)OC(=O)N[C@H]1CC2(OC1=O)C(Sc1ccccc1)=Nc1ccccc12. The Morgan fingerprint density at radius 1 is 1.17 bits per heavy atom. The Morgan fingerprint density at radius 2 is 1.86 bits per heavy atom.